The molecule has 1 aliphatic heterocycles. The monoisotopic (exact) mass is 464 g/mol. The third-order valence-electron chi connectivity index (χ3n) is 6.25. The molecule has 2 aromatic carbocycles. The lowest BCUT2D eigenvalue weighted by Gasteiger charge is -2.33. The highest BCUT2D eigenvalue weighted by Gasteiger charge is 2.21. The van der Waals surface area contributed by atoms with Crippen molar-refractivity contribution in [2.24, 2.45) is 5.73 Å². The smallest absolute Gasteiger partial charge is 0.276 e. The largest absolute Gasteiger partial charge is 0.397 e. The maximum Gasteiger partial charge on any atom is 0.276 e. The van der Waals surface area contributed by atoms with E-state index >= 15 is 0 Å². The number of piperidine rings is 1. The van der Waals surface area contributed by atoms with Crippen molar-refractivity contribution < 1.29 is 4.79 Å². The predicted molar refractivity (Wildman–Crippen MR) is 141 cm³/mol. The summed E-state index contributed by atoms with van der Waals surface area (Å²) in [5, 5.41) is 2.97. The molecule has 0 radical (unpaired) electrons. The number of hydrogen-bond donors (Lipinski definition) is 3. The number of aromatic nitrogens is 2. The zero-order valence-electron chi connectivity index (χ0n) is 19.4. The summed E-state index contributed by atoms with van der Waals surface area (Å²) in [7, 11) is 0. The lowest BCUT2D eigenvalue weighted by Crippen LogP contribution is -2.43. The first-order valence-corrected chi connectivity index (χ1v) is 11.8. The van der Waals surface area contributed by atoms with Gasteiger partial charge >= 0.3 is 0 Å². The van der Waals surface area contributed by atoms with Crippen LogP contribution in [0.25, 0.3) is 22.4 Å². The van der Waals surface area contributed by atoms with Crippen LogP contribution in [0, 0.1) is 0 Å². The number of nitrogens with two attached hydrogens (primary N) is 2. The highest BCUT2D eigenvalue weighted by atomic mass is 16.1. The van der Waals surface area contributed by atoms with Crippen LogP contribution in [-0.4, -0.2) is 35.0 Å². The van der Waals surface area contributed by atoms with Crippen molar-refractivity contribution in [3.05, 3.63) is 90.9 Å². The Hall–Kier alpha value is -4.23. The summed E-state index contributed by atoms with van der Waals surface area (Å²) in [6, 6.07) is 23.8. The number of hydrogen-bond acceptors (Lipinski definition) is 6. The van der Waals surface area contributed by atoms with Gasteiger partial charge in [-0.2, -0.15) is 0 Å². The molecule has 0 saturated carbocycles. The van der Waals surface area contributed by atoms with Gasteiger partial charge < -0.3 is 21.7 Å². The van der Waals surface area contributed by atoms with Crippen molar-refractivity contribution in [1.82, 2.24) is 9.97 Å². The first kappa shape index (κ1) is 22.6. The number of carbonyl (C=O) groups excluding carboxylic acids is 1. The normalized spacial score (nSPS) is 15.6. The van der Waals surface area contributed by atoms with E-state index in [2.05, 4.69) is 44.5 Å². The van der Waals surface area contributed by atoms with Crippen molar-refractivity contribution in [3.63, 3.8) is 0 Å². The van der Waals surface area contributed by atoms with Gasteiger partial charge in [0.15, 0.2) is 5.69 Å². The summed E-state index contributed by atoms with van der Waals surface area (Å²) < 4.78 is 0. The highest BCUT2D eigenvalue weighted by Crippen LogP contribution is 2.29. The molecular formula is C28H28N6O. The Morgan fingerprint density at radius 1 is 0.971 bits per heavy atom. The maximum atomic E-state index is 13.3. The summed E-state index contributed by atoms with van der Waals surface area (Å²) >= 11 is 0. The molecule has 1 aliphatic rings. The Bertz CT molecular complexity index is 1340. The molecule has 1 amide bonds. The molecule has 2 aromatic heterocycles. The summed E-state index contributed by atoms with van der Waals surface area (Å²) in [5.41, 5.74) is 18.1. The maximum absolute atomic E-state index is 13.3. The van der Waals surface area contributed by atoms with E-state index in [0.29, 0.717) is 17.1 Å². The molecule has 3 heterocycles. The van der Waals surface area contributed by atoms with E-state index in [4.69, 9.17) is 11.5 Å². The number of anilines is 3. The minimum atomic E-state index is -0.376. The van der Waals surface area contributed by atoms with Gasteiger partial charge in [-0.3, -0.25) is 9.78 Å². The Morgan fingerprint density at radius 3 is 2.60 bits per heavy atom. The third kappa shape index (κ3) is 5.00. The van der Waals surface area contributed by atoms with Crippen LogP contribution >= 0.6 is 0 Å². The Kier molecular flexibility index (Phi) is 6.41. The van der Waals surface area contributed by atoms with Gasteiger partial charge in [0.2, 0.25) is 0 Å². The molecule has 1 saturated heterocycles. The van der Waals surface area contributed by atoms with E-state index in [-0.39, 0.29) is 17.6 Å². The Labute approximate surface area is 204 Å². The number of nitrogen functional groups attached to an aromatic ring is 1. The molecule has 35 heavy (non-hydrogen) atoms. The highest BCUT2D eigenvalue weighted by molar-refractivity contribution is 6.08. The van der Waals surface area contributed by atoms with Gasteiger partial charge in [-0.05, 0) is 48.2 Å². The van der Waals surface area contributed by atoms with Gasteiger partial charge in [-0.25, -0.2) is 4.98 Å². The summed E-state index contributed by atoms with van der Waals surface area (Å²) in [4.78, 5) is 24.3. The molecule has 7 heteroatoms. The van der Waals surface area contributed by atoms with Crippen LogP contribution in [0.15, 0.2) is 85.2 Å². The van der Waals surface area contributed by atoms with Gasteiger partial charge in [0.05, 0.1) is 29.0 Å². The first-order valence-electron chi connectivity index (χ1n) is 11.8. The van der Waals surface area contributed by atoms with E-state index in [1.807, 2.05) is 42.5 Å². The molecule has 7 nitrogen and oxygen atoms in total. The van der Waals surface area contributed by atoms with Crippen LogP contribution in [0.3, 0.4) is 0 Å². The van der Waals surface area contributed by atoms with E-state index < -0.39 is 0 Å². The molecule has 5 N–H and O–H groups in total. The number of rotatable bonds is 5. The van der Waals surface area contributed by atoms with Crippen LogP contribution in [-0.2, 0) is 0 Å². The molecule has 1 atom stereocenters. The van der Waals surface area contributed by atoms with Crippen molar-refractivity contribution in [2.45, 2.75) is 18.9 Å². The van der Waals surface area contributed by atoms with Gasteiger partial charge in [-0.1, -0.05) is 48.5 Å². The van der Waals surface area contributed by atoms with Gasteiger partial charge in [0.1, 0.15) is 0 Å². The molecule has 0 bridgehead atoms. The Balaban J connectivity index is 1.42. The quantitative estimate of drug-likeness (QED) is 0.399. The molecule has 5 rings (SSSR count). The molecule has 0 spiro atoms. The molecule has 1 fully saturated rings. The van der Waals surface area contributed by atoms with E-state index in [1.165, 1.54) is 0 Å². The second-order valence-corrected chi connectivity index (χ2v) is 8.78. The van der Waals surface area contributed by atoms with Crippen molar-refractivity contribution in [3.8, 4) is 22.4 Å². The van der Waals surface area contributed by atoms with Crippen molar-refractivity contribution in [2.75, 3.05) is 29.0 Å². The average Bonchev–Trinajstić information content (AvgIpc) is 2.90. The van der Waals surface area contributed by atoms with E-state index in [9.17, 15) is 4.79 Å². The lowest BCUT2D eigenvalue weighted by molar-refractivity contribution is 0.102. The molecule has 4 aromatic rings. The Morgan fingerprint density at radius 2 is 1.77 bits per heavy atom. The standard InChI is InChI=1S/C28H28N6O/c29-22-10-5-15-34(18-22)26-13-14-31-17-25(26)33-28(35)27-23(30)11-12-24(32-27)21-9-4-8-20(16-21)19-6-2-1-3-7-19/h1-4,6-9,11-14,16-17,22H,5,10,15,18,29-30H2,(H,33,35). The van der Waals surface area contributed by atoms with Gasteiger partial charge in [0, 0.05) is 30.9 Å². The van der Waals surface area contributed by atoms with E-state index in [1.54, 1.807) is 18.5 Å². The number of nitrogens with zero attached hydrogens (tertiary/aromatic N) is 3. The number of pyridine rings is 2. The summed E-state index contributed by atoms with van der Waals surface area (Å²) in [6.07, 6.45) is 5.38. The summed E-state index contributed by atoms with van der Waals surface area (Å²) in [6.45, 7) is 1.62. The fourth-order valence-corrected chi connectivity index (χ4v) is 4.47. The fraction of sp³-hybridized carbons (Fsp3) is 0.179. The van der Waals surface area contributed by atoms with Crippen LogP contribution in [0.2, 0.25) is 0 Å². The zero-order chi connectivity index (χ0) is 24.2. The lowest BCUT2D eigenvalue weighted by atomic mass is 10.0. The van der Waals surface area contributed by atoms with Gasteiger partial charge in [0.25, 0.3) is 5.91 Å². The molecule has 176 valence electrons. The van der Waals surface area contributed by atoms with Crippen LogP contribution in [0.4, 0.5) is 17.1 Å². The van der Waals surface area contributed by atoms with Crippen molar-refractivity contribution >= 4 is 23.0 Å². The van der Waals surface area contributed by atoms with Gasteiger partial charge in [-0.15, -0.1) is 0 Å². The number of nitrogens with one attached hydrogen (secondary N) is 1. The minimum absolute atomic E-state index is 0.112. The number of amides is 1. The molecule has 1 unspecified atom stereocenters. The third-order valence-corrected chi connectivity index (χ3v) is 6.25. The number of carbonyl (C=O) groups is 1. The molecular weight excluding hydrogens is 436 g/mol. The van der Waals surface area contributed by atoms with Crippen LogP contribution in [0.1, 0.15) is 23.3 Å². The SMILES string of the molecule is Nc1ccc(-c2cccc(-c3ccccc3)c2)nc1C(=O)Nc1cnccc1N1CCCC(N)C1. The van der Waals surface area contributed by atoms with Crippen LogP contribution in [0.5, 0.6) is 0 Å². The topological polar surface area (TPSA) is 110 Å². The summed E-state index contributed by atoms with van der Waals surface area (Å²) in [5.74, 6) is -0.376. The first-order chi connectivity index (χ1) is 17.1. The van der Waals surface area contributed by atoms with E-state index in [0.717, 1.165) is 48.3 Å². The fourth-order valence-electron chi connectivity index (χ4n) is 4.47. The van der Waals surface area contributed by atoms with Crippen molar-refractivity contribution in [1.29, 1.82) is 0 Å². The average molecular weight is 465 g/mol. The second kappa shape index (κ2) is 9.95. The minimum Gasteiger partial charge on any atom is -0.397 e. The second-order valence-electron chi connectivity index (χ2n) is 8.78. The van der Waals surface area contributed by atoms with Crippen LogP contribution < -0.4 is 21.7 Å². The molecule has 0 aliphatic carbocycles. The number of benzene rings is 2. The zero-order valence-corrected chi connectivity index (χ0v) is 19.4. The predicted octanol–water partition coefficient (Wildman–Crippen LogP) is 4.57.